The SMILES string of the molecule is C[C@H](OC(N)=O)C(F)F. The van der Waals surface area contributed by atoms with E-state index in [9.17, 15) is 13.6 Å². The molecule has 0 aliphatic carbocycles. The van der Waals surface area contributed by atoms with Gasteiger partial charge in [0.1, 0.15) is 0 Å². The van der Waals surface area contributed by atoms with Crippen LogP contribution in [-0.4, -0.2) is 18.6 Å². The Balaban J connectivity index is 3.50. The fourth-order valence-electron chi connectivity index (χ4n) is 0.235. The van der Waals surface area contributed by atoms with Crippen LogP contribution in [0.15, 0.2) is 0 Å². The molecule has 3 nitrogen and oxygen atoms in total. The fourth-order valence-corrected chi connectivity index (χ4v) is 0.235. The van der Waals surface area contributed by atoms with Gasteiger partial charge in [0.25, 0.3) is 6.43 Å². The lowest BCUT2D eigenvalue weighted by Crippen LogP contribution is -2.25. The molecule has 54 valence electrons. The second-order valence-corrected chi connectivity index (χ2v) is 1.48. The van der Waals surface area contributed by atoms with Crippen molar-refractivity contribution >= 4 is 6.09 Å². The number of hydrogen-bond donors (Lipinski definition) is 1. The highest BCUT2D eigenvalue weighted by Gasteiger charge is 2.16. The van der Waals surface area contributed by atoms with Gasteiger partial charge in [-0.1, -0.05) is 0 Å². The van der Waals surface area contributed by atoms with Gasteiger partial charge in [0.15, 0.2) is 6.10 Å². The summed E-state index contributed by atoms with van der Waals surface area (Å²) in [4.78, 5) is 9.78. The molecule has 0 radical (unpaired) electrons. The van der Waals surface area contributed by atoms with Gasteiger partial charge < -0.3 is 10.5 Å². The summed E-state index contributed by atoms with van der Waals surface area (Å²) in [6.45, 7) is 1.06. The minimum absolute atomic E-state index is 1.06. The van der Waals surface area contributed by atoms with E-state index in [2.05, 4.69) is 10.5 Å². The minimum Gasteiger partial charge on any atom is -0.441 e. The highest BCUT2D eigenvalue weighted by atomic mass is 19.3. The average molecular weight is 139 g/mol. The van der Waals surface area contributed by atoms with Crippen LogP contribution in [0.3, 0.4) is 0 Å². The maximum absolute atomic E-state index is 11.5. The van der Waals surface area contributed by atoms with Crippen LogP contribution in [0.25, 0.3) is 0 Å². The number of alkyl halides is 2. The number of amides is 1. The van der Waals surface area contributed by atoms with Crippen molar-refractivity contribution in [1.29, 1.82) is 0 Å². The first-order valence-electron chi connectivity index (χ1n) is 2.28. The largest absolute Gasteiger partial charge is 0.441 e. The molecule has 0 bridgehead atoms. The molecule has 9 heavy (non-hydrogen) atoms. The van der Waals surface area contributed by atoms with Crippen LogP contribution in [-0.2, 0) is 4.74 Å². The van der Waals surface area contributed by atoms with Crippen LogP contribution >= 0.6 is 0 Å². The molecule has 0 rings (SSSR count). The molecule has 0 aliphatic heterocycles. The van der Waals surface area contributed by atoms with Gasteiger partial charge in [-0.3, -0.25) is 0 Å². The van der Waals surface area contributed by atoms with Crippen molar-refractivity contribution in [3.8, 4) is 0 Å². The predicted molar refractivity (Wildman–Crippen MR) is 26.1 cm³/mol. The summed E-state index contributed by atoms with van der Waals surface area (Å²) in [6, 6.07) is 0. The number of carbonyl (C=O) groups excluding carboxylic acids is 1. The van der Waals surface area contributed by atoms with Crippen molar-refractivity contribution in [2.75, 3.05) is 0 Å². The summed E-state index contributed by atoms with van der Waals surface area (Å²) in [7, 11) is 0. The van der Waals surface area contributed by atoms with Crippen molar-refractivity contribution in [2.24, 2.45) is 5.73 Å². The Morgan fingerprint density at radius 2 is 2.11 bits per heavy atom. The first-order valence-corrected chi connectivity index (χ1v) is 2.28. The van der Waals surface area contributed by atoms with E-state index in [4.69, 9.17) is 0 Å². The van der Waals surface area contributed by atoms with Crippen molar-refractivity contribution in [3.63, 3.8) is 0 Å². The quantitative estimate of drug-likeness (QED) is 0.613. The topological polar surface area (TPSA) is 52.3 Å². The van der Waals surface area contributed by atoms with Crippen LogP contribution < -0.4 is 5.73 Å². The van der Waals surface area contributed by atoms with Gasteiger partial charge in [0.2, 0.25) is 0 Å². The van der Waals surface area contributed by atoms with E-state index in [0.29, 0.717) is 0 Å². The van der Waals surface area contributed by atoms with Gasteiger partial charge in [0, 0.05) is 0 Å². The first-order chi connectivity index (χ1) is 4.04. The van der Waals surface area contributed by atoms with Gasteiger partial charge in [-0.05, 0) is 6.92 Å². The number of hydrogen-bond acceptors (Lipinski definition) is 2. The third-order valence-electron chi connectivity index (χ3n) is 0.657. The molecule has 0 heterocycles. The molecule has 0 aromatic carbocycles. The van der Waals surface area contributed by atoms with E-state index < -0.39 is 18.6 Å². The molecule has 0 saturated heterocycles. The zero-order chi connectivity index (χ0) is 7.44. The van der Waals surface area contributed by atoms with E-state index in [1.54, 1.807) is 0 Å². The third kappa shape index (κ3) is 3.69. The molecule has 1 atom stereocenters. The van der Waals surface area contributed by atoms with E-state index >= 15 is 0 Å². The summed E-state index contributed by atoms with van der Waals surface area (Å²) >= 11 is 0. The Labute approximate surface area is 50.8 Å². The molecule has 0 aliphatic rings. The zero-order valence-corrected chi connectivity index (χ0v) is 4.80. The van der Waals surface area contributed by atoms with Crippen LogP contribution in [0.1, 0.15) is 6.92 Å². The summed E-state index contributed by atoms with van der Waals surface area (Å²) in [5, 5.41) is 0. The highest BCUT2D eigenvalue weighted by Crippen LogP contribution is 2.03. The lowest BCUT2D eigenvalue weighted by molar-refractivity contribution is -0.00393. The minimum atomic E-state index is -2.67. The number of carbonyl (C=O) groups is 1. The standard InChI is InChI=1S/C4H7F2NO2/c1-2(3(5)6)9-4(7)8/h2-3H,1H3,(H2,7,8)/t2-/m0/s1. The Morgan fingerprint density at radius 3 is 2.22 bits per heavy atom. The Morgan fingerprint density at radius 1 is 1.67 bits per heavy atom. The van der Waals surface area contributed by atoms with E-state index in [0.717, 1.165) is 6.92 Å². The number of ether oxygens (including phenoxy) is 1. The van der Waals surface area contributed by atoms with E-state index in [1.165, 1.54) is 0 Å². The van der Waals surface area contributed by atoms with Crippen LogP contribution in [0.4, 0.5) is 13.6 Å². The number of nitrogens with two attached hydrogens (primary N) is 1. The van der Waals surface area contributed by atoms with Gasteiger partial charge >= 0.3 is 6.09 Å². The molecule has 0 spiro atoms. The van der Waals surface area contributed by atoms with Crippen molar-refractivity contribution in [2.45, 2.75) is 19.5 Å². The van der Waals surface area contributed by atoms with E-state index in [-0.39, 0.29) is 0 Å². The Kier molecular flexibility index (Phi) is 2.90. The molecule has 0 unspecified atom stereocenters. The molecule has 5 heteroatoms. The second kappa shape index (κ2) is 3.21. The van der Waals surface area contributed by atoms with E-state index in [1.807, 2.05) is 0 Å². The van der Waals surface area contributed by atoms with Crippen LogP contribution in [0, 0.1) is 0 Å². The van der Waals surface area contributed by atoms with Crippen LogP contribution in [0.5, 0.6) is 0 Å². The lowest BCUT2D eigenvalue weighted by atomic mass is 10.4. The summed E-state index contributed by atoms with van der Waals surface area (Å²) in [5.74, 6) is 0. The van der Waals surface area contributed by atoms with Gasteiger partial charge in [-0.25, -0.2) is 13.6 Å². The molecule has 2 N–H and O–H groups in total. The summed E-state index contributed by atoms with van der Waals surface area (Å²) in [6.07, 6.45) is -5.26. The number of rotatable bonds is 2. The summed E-state index contributed by atoms with van der Waals surface area (Å²) < 4.78 is 26.8. The number of primary amides is 1. The second-order valence-electron chi connectivity index (χ2n) is 1.48. The number of halogens is 2. The summed E-state index contributed by atoms with van der Waals surface area (Å²) in [5.41, 5.74) is 4.44. The molecular formula is C4H7F2NO2. The van der Waals surface area contributed by atoms with Crippen LogP contribution in [0.2, 0.25) is 0 Å². The molecule has 0 fully saturated rings. The van der Waals surface area contributed by atoms with Gasteiger partial charge in [-0.2, -0.15) is 0 Å². The predicted octanol–water partition coefficient (Wildman–Crippen LogP) is 0.735. The molecular weight excluding hydrogens is 132 g/mol. The van der Waals surface area contributed by atoms with Gasteiger partial charge in [-0.15, -0.1) is 0 Å². The lowest BCUT2D eigenvalue weighted by Gasteiger charge is -2.08. The maximum Gasteiger partial charge on any atom is 0.404 e. The molecule has 0 aromatic heterocycles. The van der Waals surface area contributed by atoms with Crippen molar-refractivity contribution < 1.29 is 18.3 Å². The maximum atomic E-state index is 11.5. The average Bonchev–Trinajstić information content (AvgIpc) is 1.63. The smallest absolute Gasteiger partial charge is 0.404 e. The molecule has 0 aromatic rings. The Hall–Kier alpha value is -0.870. The molecule has 0 saturated carbocycles. The third-order valence-corrected chi connectivity index (χ3v) is 0.657. The van der Waals surface area contributed by atoms with Crippen molar-refractivity contribution in [3.05, 3.63) is 0 Å². The highest BCUT2D eigenvalue weighted by molar-refractivity contribution is 5.64. The van der Waals surface area contributed by atoms with Gasteiger partial charge in [0.05, 0.1) is 0 Å². The van der Waals surface area contributed by atoms with Crippen molar-refractivity contribution in [1.82, 2.24) is 0 Å². The molecule has 1 amide bonds. The first kappa shape index (κ1) is 8.13. The normalized spacial score (nSPS) is 13.3. The fraction of sp³-hybridized carbons (Fsp3) is 0.750. The zero-order valence-electron chi connectivity index (χ0n) is 4.80. The Bertz CT molecular complexity index is 107. The monoisotopic (exact) mass is 139 g/mol.